The summed E-state index contributed by atoms with van der Waals surface area (Å²) in [5.41, 5.74) is 3.00. The maximum Gasteiger partial charge on any atom is 0.0856 e. The van der Waals surface area contributed by atoms with Crippen LogP contribution in [-0.2, 0) is 19.4 Å². The highest BCUT2D eigenvalue weighted by Crippen LogP contribution is 2.30. The highest BCUT2D eigenvalue weighted by Gasteiger charge is 2.19. The number of aromatic nitrogens is 2. The zero-order chi connectivity index (χ0) is 14.7. The summed E-state index contributed by atoms with van der Waals surface area (Å²) in [7, 11) is 0. The van der Waals surface area contributed by atoms with E-state index in [9.17, 15) is 5.11 Å². The SMILES string of the molecule is CCc1nn(CC)c(CC(O)c2ccccc2Br)c1Br. The molecule has 0 spiro atoms. The second kappa shape index (κ2) is 6.87. The lowest BCUT2D eigenvalue weighted by molar-refractivity contribution is 0.174. The van der Waals surface area contributed by atoms with Crippen molar-refractivity contribution in [2.75, 3.05) is 0 Å². The first-order valence-corrected chi connectivity index (χ1v) is 8.33. The fraction of sp³-hybridized carbons (Fsp3) is 0.400. The number of aliphatic hydroxyl groups is 1. The molecule has 20 heavy (non-hydrogen) atoms. The van der Waals surface area contributed by atoms with E-state index in [0.29, 0.717) is 6.42 Å². The topological polar surface area (TPSA) is 38.0 Å². The van der Waals surface area contributed by atoms with Crippen molar-refractivity contribution in [3.8, 4) is 0 Å². The van der Waals surface area contributed by atoms with Gasteiger partial charge in [0.2, 0.25) is 0 Å². The lowest BCUT2D eigenvalue weighted by Gasteiger charge is -2.14. The third kappa shape index (κ3) is 3.15. The molecule has 1 N–H and O–H groups in total. The zero-order valence-corrected chi connectivity index (χ0v) is 14.8. The summed E-state index contributed by atoms with van der Waals surface area (Å²) in [6.07, 6.45) is 0.879. The van der Waals surface area contributed by atoms with Crippen LogP contribution in [0.4, 0.5) is 0 Å². The van der Waals surface area contributed by atoms with Gasteiger partial charge < -0.3 is 5.11 Å². The first kappa shape index (κ1) is 15.7. The molecule has 0 saturated carbocycles. The fourth-order valence-corrected chi connectivity index (χ4v) is 3.53. The minimum atomic E-state index is -0.548. The smallest absolute Gasteiger partial charge is 0.0856 e. The third-order valence-electron chi connectivity index (χ3n) is 3.35. The molecule has 1 heterocycles. The summed E-state index contributed by atoms with van der Waals surface area (Å²) in [6, 6.07) is 7.77. The molecule has 2 aromatic rings. The Morgan fingerprint density at radius 2 is 1.95 bits per heavy atom. The standard InChI is InChI=1S/C15H18Br2N2O/c1-3-12-15(17)13(19(4-2)18-12)9-14(20)10-7-5-6-8-11(10)16/h5-8,14,20H,3-4,9H2,1-2H3. The molecule has 0 aliphatic carbocycles. The second-order valence-electron chi connectivity index (χ2n) is 4.62. The van der Waals surface area contributed by atoms with E-state index in [1.807, 2.05) is 28.9 Å². The van der Waals surface area contributed by atoms with Crippen molar-refractivity contribution in [3.63, 3.8) is 0 Å². The normalized spacial score (nSPS) is 12.7. The van der Waals surface area contributed by atoms with E-state index in [-0.39, 0.29) is 0 Å². The van der Waals surface area contributed by atoms with Crippen LogP contribution in [0.15, 0.2) is 33.2 Å². The van der Waals surface area contributed by atoms with E-state index in [2.05, 4.69) is 50.8 Å². The van der Waals surface area contributed by atoms with Crippen LogP contribution in [0, 0.1) is 0 Å². The molecule has 3 nitrogen and oxygen atoms in total. The average Bonchev–Trinajstić information content (AvgIpc) is 2.75. The Bertz CT molecular complexity index is 596. The van der Waals surface area contributed by atoms with Gasteiger partial charge in [-0.15, -0.1) is 0 Å². The molecule has 2 rings (SSSR count). The predicted molar refractivity (Wildman–Crippen MR) is 87.8 cm³/mol. The lowest BCUT2D eigenvalue weighted by atomic mass is 10.0. The summed E-state index contributed by atoms with van der Waals surface area (Å²) in [5, 5.41) is 15.1. The van der Waals surface area contributed by atoms with Crippen molar-refractivity contribution in [2.45, 2.75) is 39.3 Å². The van der Waals surface area contributed by atoms with Gasteiger partial charge >= 0.3 is 0 Å². The molecule has 0 aliphatic heterocycles. The van der Waals surface area contributed by atoms with Gasteiger partial charge in [0.05, 0.1) is 22.0 Å². The summed E-state index contributed by atoms with van der Waals surface area (Å²) in [5.74, 6) is 0. The molecule has 1 aromatic heterocycles. The molecule has 108 valence electrons. The Hall–Kier alpha value is -0.650. The molecule has 0 aliphatic rings. The van der Waals surface area contributed by atoms with Gasteiger partial charge in [0.15, 0.2) is 0 Å². The molecule has 0 saturated heterocycles. The van der Waals surface area contributed by atoms with Gasteiger partial charge in [-0.05, 0) is 40.9 Å². The molecule has 1 atom stereocenters. The molecule has 1 unspecified atom stereocenters. The molecule has 0 fully saturated rings. The minimum absolute atomic E-state index is 0.546. The average molecular weight is 402 g/mol. The van der Waals surface area contributed by atoms with Gasteiger partial charge in [-0.25, -0.2) is 0 Å². The Morgan fingerprint density at radius 3 is 2.55 bits per heavy atom. The lowest BCUT2D eigenvalue weighted by Crippen LogP contribution is -2.09. The number of benzene rings is 1. The van der Waals surface area contributed by atoms with Gasteiger partial charge in [-0.3, -0.25) is 4.68 Å². The Morgan fingerprint density at radius 1 is 1.25 bits per heavy atom. The maximum atomic E-state index is 10.5. The van der Waals surface area contributed by atoms with Gasteiger partial charge in [0, 0.05) is 17.4 Å². The van der Waals surface area contributed by atoms with Gasteiger partial charge in [0.25, 0.3) is 0 Å². The number of hydrogen-bond donors (Lipinski definition) is 1. The summed E-state index contributed by atoms with van der Waals surface area (Å²) >= 11 is 7.11. The second-order valence-corrected chi connectivity index (χ2v) is 6.27. The van der Waals surface area contributed by atoms with Crippen molar-refractivity contribution < 1.29 is 5.11 Å². The first-order chi connectivity index (χ1) is 9.58. The summed E-state index contributed by atoms with van der Waals surface area (Å²) in [6.45, 7) is 4.95. The van der Waals surface area contributed by atoms with Gasteiger partial charge in [0.1, 0.15) is 0 Å². The van der Waals surface area contributed by atoms with E-state index in [1.165, 1.54) is 0 Å². The predicted octanol–water partition coefficient (Wildman–Crippen LogP) is 4.27. The molecule has 5 heteroatoms. The van der Waals surface area contributed by atoms with Crippen LogP contribution in [0.3, 0.4) is 0 Å². The van der Waals surface area contributed by atoms with Gasteiger partial charge in [-0.2, -0.15) is 5.10 Å². The van der Waals surface area contributed by atoms with E-state index in [1.54, 1.807) is 0 Å². The van der Waals surface area contributed by atoms with Crippen LogP contribution in [0.25, 0.3) is 0 Å². The number of halogens is 2. The van der Waals surface area contributed by atoms with Crippen molar-refractivity contribution in [2.24, 2.45) is 0 Å². The summed E-state index contributed by atoms with van der Waals surface area (Å²) < 4.78 is 3.91. The quantitative estimate of drug-likeness (QED) is 0.812. The highest BCUT2D eigenvalue weighted by atomic mass is 79.9. The third-order valence-corrected chi connectivity index (χ3v) is 4.98. The largest absolute Gasteiger partial charge is 0.388 e. The number of hydrogen-bond acceptors (Lipinski definition) is 2. The fourth-order valence-electron chi connectivity index (χ4n) is 2.25. The van der Waals surface area contributed by atoms with Crippen LogP contribution in [0.1, 0.15) is 36.9 Å². The molecule has 0 amide bonds. The van der Waals surface area contributed by atoms with E-state index < -0.39 is 6.10 Å². The van der Waals surface area contributed by atoms with Crippen LogP contribution in [-0.4, -0.2) is 14.9 Å². The summed E-state index contributed by atoms with van der Waals surface area (Å²) in [4.78, 5) is 0. The van der Waals surface area contributed by atoms with Crippen LogP contribution >= 0.6 is 31.9 Å². The molecule has 0 radical (unpaired) electrons. The Labute approximate surface area is 136 Å². The van der Waals surface area contributed by atoms with E-state index in [0.717, 1.165) is 38.9 Å². The molecule has 1 aromatic carbocycles. The highest BCUT2D eigenvalue weighted by molar-refractivity contribution is 9.10. The van der Waals surface area contributed by atoms with Crippen LogP contribution in [0.5, 0.6) is 0 Å². The van der Waals surface area contributed by atoms with Crippen molar-refractivity contribution in [1.82, 2.24) is 9.78 Å². The van der Waals surface area contributed by atoms with E-state index >= 15 is 0 Å². The number of rotatable bonds is 5. The van der Waals surface area contributed by atoms with Crippen LogP contribution < -0.4 is 0 Å². The molecular weight excluding hydrogens is 384 g/mol. The number of nitrogens with zero attached hydrogens (tertiary/aromatic N) is 2. The monoisotopic (exact) mass is 400 g/mol. The van der Waals surface area contributed by atoms with Crippen molar-refractivity contribution in [1.29, 1.82) is 0 Å². The van der Waals surface area contributed by atoms with Crippen molar-refractivity contribution >= 4 is 31.9 Å². The molecule has 0 bridgehead atoms. The number of aliphatic hydroxyl groups excluding tert-OH is 1. The van der Waals surface area contributed by atoms with E-state index in [4.69, 9.17) is 0 Å². The zero-order valence-electron chi connectivity index (χ0n) is 11.6. The first-order valence-electron chi connectivity index (χ1n) is 6.75. The maximum absolute atomic E-state index is 10.5. The van der Waals surface area contributed by atoms with Gasteiger partial charge in [-0.1, -0.05) is 41.1 Å². The van der Waals surface area contributed by atoms with Crippen LogP contribution in [0.2, 0.25) is 0 Å². The molecular formula is C15H18Br2N2O. The minimum Gasteiger partial charge on any atom is -0.388 e. The van der Waals surface area contributed by atoms with Crippen molar-refractivity contribution in [3.05, 3.63) is 50.2 Å². The Kier molecular flexibility index (Phi) is 5.41. The number of aryl methyl sites for hydroxylation is 2. The Balaban J connectivity index is 2.30.